The highest BCUT2D eigenvalue weighted by Crippen LogP contribution is 2.19. The van der Waals surface area contributed by atoms with Gasteiger partial charge in [-0.15, -0.1) is 0 Å². The molecule has 0 saturated heterocycles. The molecule has 2 rings (SSSR count). The van der Waals surface area contributed by atoms with Gasteiger partial charge in [0.15, 0.2) is 0 Å². The lowest BCUT2D eigenvalue weighted by Gasteiger charge is -2.09. The van der Waals surface area contributed by atoms with Crippen molar-refractivity contribution in [1.29, 1.82) is 0 Å². The molecule has 0 aromatic heterocycles. The van der Waals surface area contributed by atoms with E-state index >= 15 is 0 Å². The van der Waals surface area contributed by atoms with E-state index in [2.05, 4.69) is 10.6 Å². The van der Waals surface area contributed by atoms with Gasteiger partial charge in [-0.3, -0.25) is 0 Å². The van der Waals surface area contributed by atoms with Crippen LogP contribution >= 0.6 is 0 Å². The second-order valence-electron chi connectivity index (χ2n) is 5.35. The number of carbonyl (C=O) groups is 1. The number of hydrogen-bond acceptors (Lipinski definition) is 7. The molecule has 0 heterocycles. The largest absolute Gasteiger partial charge is 0.383 e. The Morgan fingerprint density at radius 2 is 1.22 bits per heavy atom. The first-order chi connectivity index (χ1) is 12.6. The molecule has 0 saturated carbocycles. The summed E-state index contributed by atoms with van der Waals surface area (Å²) in [5, 5.41) is 5.13. The minimum Gasteiger partial charge on any atom is -0.383 e. The predicted octanol–water partition coefficient (Wildman–Crippen LogP) is 2.40. The first kappa shape index (κ1) is 20.5. The molecule has 2 amide bonds. The van der Waals surface area contributed by atoms with Crippen molar-refractivity contribution in [3.05, 3.63) is 48.5 Å². The van der Waals surface area contributed by atoms with Gasteiger partial charge in [-0.1, -0.05) is 0 Å². The van der Waals surface area contributed by atoms with Gasteiger partial charge in [-0.05, 0) is 55.5 Å². The maximum Gasteiger partial charge on any atom is 0.323 e. The summed E-state index contributed by atoms with van der Waals surface area (Å²) in [4.78, 5) is 12.0. The van der Waals surface area contributed by atoms with Crippen molar-refractivity contribution >= 4 is 37.6 Å². The molecule has 0 fully saturated rings. The van der Waals surface area contributed by atoms with E-state index in [9.17, 15) is 21.6 Å². The highest BCUT2D eigenvalue weighted by Gasteiger charge is 2.10. The fraction of sp³-hybridized carbons (Fsp3) is 0.188. The average molecular weight is 414 g/mol. The third kappa shape index (κ3) is 7.15. The van der Waals surface area contributed by atoms with E-state index in [0.717, 1.165) is 6.26 Å². The number of anilines is 2. The van der Waals surface area contributed by atoms with E-state index in [4.69, 9.17) is 8.37 Å². The third-order valence-corrected chi connectivity index (χ3v) is 4.70. The van der Waals surface area contributed by atoms with E-state index in [1.165, 1.54) is 55.5 Å². The number of urea groups is 1. The van der Waals surface area contributed by atoms with Crippen LogP contribution in [-0.2, 0) is 20.2 Å². The number of benzene rings is 2. The smallest absolute Gasteiger partial charge is 0.323 e. The zero-order chi connectivity index (χ0) is 20.1. The SMILES string of the molecule is CCS(=O)(=O)Oc1ccc(NC(=O)Nc2ccc(OS(C)(=O)=O)cc2)cc1. The van der Waals surface area contributed by atoms with Crippen LogP contribution in [0.15, 0.2) is 48.5 Å². The highest BCUT2D eigenvalue weighted by atomic mass is 32.2. The molecule has 0 radical (unpaired) electrons. The normalized spacial score (nSPS) is 11.5. The van der Waals surface area contributed by atoms with Gasteiger partial charge in [-0.2, -0.15) is 16.8 Å². The first-order valence-electron chi connectivity index (χ1n) is 7.66. The molecule has 2 aromatic rings. The summed E-state index contributed by atoms with van der Waals surface area (Å²) in [6, 6.07) is 11.0. The quantitative estimate of drug-likeness (QED) is 0.666. The number of nitrogens with one attached hydrogen (secondary N) is 2. The monoisotopic (exact) mass is 414 g/mol. The van der Waals surface area contributed by atoms with Crippen LogP contribution in [0, 0.1) is 0 Å². The van der Waals surface area contributed by atoms with Crippen LogP contribution in [-0.4, -0.2) is 34.9 Å². The molecule has 0 aliphatic carbocycles. The Hall–Kier alpha value is -2.79. The molecule has 0 spiro atoms. The predicted molar refractivity (Wildman–Crippen MR) is 101 cm³/mol. The molecule has 146 valence electrons. The van der Waals surface area contributed by atoms with Crippen molar-refractivity contribution in [2.75, 3.05) is 22.6 Å². The lowest BCUT2D eigenvalue weighted by atomic mass is 10.3. The second kappa shape index (κ2) is 8.27. The maximum atomic E-state index is 12.0. The Labute approximate surface area is 157 Å². The third-order valence-electron chi connectivity index (χ3n) is 3.05. The van der Waals surface area contributed by atoms with Crippen LogP contribution < -0.4 is 19.0 Å². The molecule has 0 aliphatic rings. The van der Waals surface area contributed by atoms with E-state index in [0.29, 0.717) is 11.4 Å². The standard InChI is InChI=1S/C16H18N2O7S2/c1-3-27(22,23)25-15-10-6-13(7-11-15)18-16(19)17-12-4-8-14(9-5-12)24-26(2,20)21/h4-11H,3H2,1-2H3,(H2,17,18,19). The summed E-state index contributed by atoms with van der Waals surface area (Å²) in [5.41, 5.74) is 0.841. The van der Waals surface area contributed by atoms with E-state index < -0.39 is 26.3 Å². The zero-order valence-electron chi connectivity index (χ0n) is 14.5. The second-order valence-corrected chi connectivity index (χ2v) is 8.78. The van der Waals surface area contributed by atoms with Crippen molar-refractivity contribution < 1.29 is 30.0 Å². The molecule has 11 heteroatoms. The molecule has 27 heavy (non-hydrogen) atoms. The summed E-state index contributed by atoms with van der Waals surface area (Å²) in [7, 11) is -7.23. The van der Waals surface area contributed by atoms with Gasteiger partial charge >= 0.3 is 26.3 Å². The van der Waals surface area contributed by atoms with Crippen molar-refractivity contribution in [2.45, 2.75) is 6.92 Å². The van der Waals surface area contributed by atoms with Crippen LogP contribution in [0.3, 0.4) is 0 Å². The van der Waals surface area contributed by atoms with Crippen LogP contribution in [0.2, 0.25) is 0 Å². The molecule has 0 bridgehead atoms. The lowest BCUT2D eigenvalue weighted by molar-refractivity contribution is 0.262. The molecular weight excluding hydrogens is 396 g/mol. The molecular formula is C16H18N2O7S2. The Bertz CT molecular complexity index is 1000. The van der Waals surface area contributed by atoms with Gasteiger partial charge in [0.2, 0.25) is 0 Å². The number of carbonyl (C=O) groups excluding carboxylic acids is 1. The molecule has 2 aromatic carbocycles. The highest BCUT2D eigenvalue weighted by molar-refractivity contribution is 7.87. The minimum absolute atomic E-state index is 0.126. The number of rotatable bonds is 7. The Morgan fingerprint density at radius 3 is 1.59 bits per heavy atom. The fourth-order valence-electron chi connectivity index (χ4n) is 1.86. The summed E-state index contributed by atoms with van der Waals surface area (Å²) < 4.78 is 54.4. The van der Waals surface area contributed by atoms with Crippen LogP contribution in [0.1, 0.15) is 6.92 Å². The average Bonchev–Trinajstić information content (AvgIpc) is 2.57. The Morgan fingerprint density at radius 1 is 0.815 bits per heavy atom. The molecule has 0 atom stereocenters. The van der Waals surface area contributed by atoms with Crippen LogP contribution in [0.5, 0.6) is 11.5 Å². The van der Waals surface area contributed by atoms with Gasteiger partial charge in [0.25, 0.3) is 0 Å². The van der Waals surface area contributed by atoms with Gasteiger partial charge in [0.05, 0.1) is 12.0 Å². The van der Waals surface area contributed by atoms with E-state index in [1.54, 1.807) is 0 Å². The van der Waals surface area contributed by atoms with Crippen molar-refractivity contribution in [1.82, 2.24) is 0 Å². The summed E-state index contributed by atoms with van der Waals surface area (Å²) in [6.07, 6.45) is 0.931. The molecule has 0 unspecified atom stereocenters. The summed E-state index contributed by atoms with van der Waals surface area (Å²) in [5.74, 6) is 0.119. The van der Waals surface area contributed by atoms with Crippen LogP contribution in [0.25, 0.3) is 0 Å². The van der Waals surface area contributed by atoms with Crippen molar-refractivity contribution in [2.24, 2.45) is 0 Å². The fourth-order valence-corrected chi connectivity index (χ4v) is 2.84. The summed E-state index contributed by atoms with van der Waals surface area (Å²) in [6.45, 7) is 1.47. The minimum atomic E-state index is -3.62. The van der Waals surface area contributed by atoms with Crippen LogP contribution in [0.4, 0.5) is 16.2 Å². The van der Waals surface area contributed by atoms with Gasteiger partial charge in [-0.25, -0.2) is 4.79 Å². The Kier molecular flexibility index (Phi) is 6.28. The summed E-state index contributed by atoms with van der Waals surface area (Å²) >= 11 is 0. The van der Waals surface area contributed by atoms with Crippen molar-refractivity contribution in [3.8, 4) is 11.5 Å². The maximum absolute atomic E-state index is 12.0. The topological polar surface area (TPSA) is 128 Å². The van der Waals surface area contributed by atoms with Gasteiger partial charge < -0.3 is 19.0 Å². The molecule has 0 aliphatic heterocycles. The lowest BCUT2D eigenvalue weighted by Crippen LogP contribution is -2.19. The zero-order valence-corrected chi connectivity index (χ0v) is 16.1. The number of hydrogen-bond donors (Lipinski definition) is 2. The Balaban J connectivity index is 1.93. The van der Waals surface area contributed by atoms with E-state index in [1.807, 2.05) is 0 Å². The van der Waals surface area contributed by atoms with Crippen molar-refractivity contribution in [3.63, 3.8) is 0 Å². The molecule has 2 N–H and O–H groups in total. The van der Waals surface area contributed by atoms with Gasteiger partial charge in [0, 0.05) is 11.4 Å². The van der Waals surface area contributed by atoms with E-state index in [-0.39, 0.29) is 17.3 Å². The van der Waals surface area contributed by atoms with Gasteiger partial charge in [0.1, 0.15) is 11.5 Å². The molecule has 9 nitrogen and oxygen atoms in total. The first-order valence-corrected chi connectivity index (χ1v) is 11.1. The number of amides is 2.